The summed E-state index contributed by atoms with van der Waals surface area (Å²) >= 11 is 0. The Morgan fingerprint density at radius 1 is 1.24 bits per heavy atom. The van der Waals surface area contributed by atoms with Crippen LogP contribution < -0.4 is 14.8 Å². The number of ether oxygens (including phenoxy) is 2. The molecule has 6 nitrogen and oxygen atoms in total. The number of nitrogens with one attached hydrogen (secondary N) is 1. The van der Waals surface area contributed by atoms with Crippen LogP contribution in [0.4, 0.5) is 0 Å². The average molecular weight is 289 g/mol. The number of carbonyl (C=O) groups is 1. The number of furan rings is 1. The molecule has 110 valence electrons. The molecule has 0 fully saturated rings. The van der Waals surface area contributed by atoms with E-state index in [1.54, 1.807) is 30.3 Å². The quantitative estimate of drug-likeness (QED) is 0.891. The standard InChI is InChI=1S/C15H15NO5/c17-11(12-5-2-6-19-12)9-16-15(18)10-3-1-4-13-14(10)21-8-7-20-13/h1-6,11,17H,7-9H2,(H,16,18). The Morgan fingerprint density at radius 3 is 2.90 bits per heavy atom. The molecule has 0 aliphatic carbocycles. The number of benzene rings is 1. The summed E-state index contributed by atoms with van der Waals surface area (Å²) in [5.74, 6) is 1.07. The third kappa shape index (κ3) is 2.85. The lowest BCUT2D eigenvalue weighted by molar-refractivity contribution is 0.0891. The molecule has 2 aromatic rings. The number of amides is 1. The van der Waals surface area contributed by atoms with Gasteiger partial charge in [-0.15, -0.1) is 0 Å². The summed E-state index contributed by atoms with van der Waals surface area (Å²) in [6.07, 6.45) is 0.583. The second-order valence-corrected chi connectivity index (χ2v) is 4.57. The lowest BCUT2D eigenvalue weighted by atomic mass is 10.1. The number of hydrogen-bond acceptors (Lipinski definition) is 5. The molecule has 1 aliphatic rings. The van der Waals surface area contributed by atoms with E-state index < -0.39 is 6.10 Å². The highest BCUT2D eigenvalue weighted by molar-refractivity contribution is 5.97. The molecule has 1 aromatic carbocycles. The van der Waals surface area contributed by atoms with Gasteiger partial charge in [-0.05, 0) is 24.3 Å². The van der Waals surface area contributed by atoms with Gasteiger partial charge in [-0.25, -0.2) is 0 Å². The van der Waals surface area contributed by atoms with Gasteiger partial charge in [0.2, 0.25) is 0 Å². The topological polar surface area (TPSA) is 80.9 Å². The van der Waals surface area contributed by atoms with Crippen molar-refractivity contribution in [3.05, 3.63) is 47.9 Å². The van der Waals surface area contributed by atoms with Crippen molar-refractivity contribution in [3.63, 3.8) is 0 Å². The molecule has 0 saturated carbocycles. The van der Waals surface area contributed by atoms with Crippen LogP contribution in [0, 0.1) is 0 Å². The van der Waals surface area contributed by atoms with E-state index in [0.29, 0.717) is 36.0 Å². The van der Waals surface area contributed by atoms with Crippen LogP contribution in [0.2, 0.25) is 0 Å². The molecule has 3 rings (SSSR count). The van der Waals surface area contributed by atoms with Gasteiger partial charge in [-0.1, -0.05) is 6.07 Å². The Bertz CT molecular complexity index is 623. The molecule has 1 amide bonds. The number of carbonyl (C=O) groups excluding carboxylic acids is 1. The van der Waals surface area contributed by atoms with Crippen molar-refractivity contribution in [2.45, 2.75) is 6.10 Å². The Morgan fingerprint density at radius 2 is 2.10 bits per heavy atom. The van der Waals surface area contributed by atoms with Crippen LogP contribution in [0.3, 0.4) is 0 Å². The average Bonchev–Trinajstić information content (AvgIpc) is 3.06. The molecule has 0 spiro atoms. The van der Waals surface area contributed by atoms with E-state index in [1.807, 2.05) is 0 Å². The van der Waals surface area contributed by atoms with Crippen molar-refractivity contribution in [2.75, 3.05) is 19.8 Å². The van der Waals surface area contributed by atoms with Gasteiger partial charge in [0.05, 0.1) is 18.4 Å². The molecular formula is C15H15NO5. The number of fused-ring (bicyclic) bond motifs is 1. The third-order valence-electron chi connectivity index (χ3n) is 3.14. The molecule has 1 unspecified atom stereocenters. The molecular weight excluding hydrogens is 274 g/mol. The van der Waals surface area contributed by atoms with Crippen molar-refractivity contribution in [2.24, 2.45) is 0 Å². The minimum absolute atomic E-state index is 0.0525. The van der Waals surface area contributed by atoms with E-state index in [-0.39, 0.29) is 12.5 Å². The van der Waals surface area contributed by atoms with E-state index in [4.69, 9.17) is 13.9 Å². The maximum Gasteiger partial charge on any atom is 0.255 e. The van der Waals surface area contributed by atoms with Crippen LogP contribution in [0.1, 0.15) is 22.2 Å². The minimum Gasteiger partial charge on any atom is -0.486 e. The molecule has 6 heteroatoms. The molecule has 0 saturated heterocycles. The van der Waals surface area contributed by atoms with Crippen LogP contribution in [-0.2, 0) is 0 Å². The summed E-state index contributed by atoms with van der Waals surface area (Å²) < 4.78 is 16.0. The van der Waals surface area contributed by atoms with Crippen molar-refractivity contribution < 1.29 is 23.8 Å². The summed E-state index contributed by atoms with van der Waals surface area (Å²) in [6, 6.07) is 8.47. The van der Waals surface area contributed by atoms with E-state index in [9.17, 15) is 9.90 Å². The number of hydrogen-bond donors (Lipinski definition) is 2. The van der Waals surface area contributed by atoms with Gasteiger partial charge >= 0.3 is 0 Å². The smallest absolute Gasteiger partial charge is 0.255 e. The lowest BCUT2D eigenvalue weighted by Crippen LogP contribution is -2.29. The number of aliphatic hydroxyl groups is 1. The first-order valence-electron chi connectivity index (χ1n) is 6.64. The number of rotatable bonds is 4. The SMILES string of the molecule is O=C(NCC(O)c1ccco1)c1cccc2c1OCCO2. The fraction of sp³-hybridized carbons (Fsp3) is 0.267. The fourth-order valence-corrected chi connectivity index (χ4v) is 2.12. The van der Waals surface area contributed by atoms with Crippen LogP contribution in [0.25, 0.3) is 0 Å². The van der Waals surface area contributed by atoms with E-state index >= 15 is 0 Å². The lowest BCUT2D eigenvalue weighted by Gasteiger charge is -2.20. The summed E-state index contributed by atoms with van der Waals surface area (Å²) in [5, 5.41) is 12.5. The van der Waals surface area contributed by atoms with Gasteiger partial charge in [0, 0.05) is 0 Å². The van der Waals surface area contributed by atoms with Gasteiger partial charge < -0.3 is 24.3 Å². The molecule has 2 N–H and O–H groups in total. The first-order valence-corrected chi connectivity index (χ1v) is 6.64. The number of para-hydroxylation sites is 1. The van der Waals surface area contributed by atoms with Gasteiger partial charge in [0.1, 0.15) is 25.1 Å². The van der Waals surface area contributed by atoms with Gasteiger partial charge in [0.15, 0.2) is 11.5 Å². The highest BCUT2D eigenvalue weighted by atomic mass is 16.6. The molecule has 1 aromatic heterocycles. The maximum atomic E-state index is 12.2. The zero-order valence-electron chi connectivity index (χ0n) is 11.2. The van der Waals surface area contributed by atoms with Crippen molar-refractivity contribution in [1.82, 2.24) is 5.32 Å². The van der Waals surface area contributed by atoms with Gasteiger partial charge in [-0.2, -0.15) is 0 Å². The summed E-state index contributed by atoms with van der Waals surface area (Å²) in [6.45, 7) is 0.929. The predicted octanol–water partition coefficient (Wildman–Crippen LogP) is 1.51. The van der Waals surface area contributed by atoms with Crippen molar-refractivity contribution in [1.29, 1.82) is 0 Å². The summed E-state index contributed by atoms with van der Waals surface area (Å²) in [4.78, 5) is 12.2. The van der Waals surface area contributed by atoms with Crippen LogP contribution >= 0.6 is 0 Å². The Hall–Kier alpha value is -2.47. The Balaban J connectivity index is 1.68. The van der Waals surface area contributed by atoms with Gasteiger partial charge in [-0.3, -0.25) is 4.79 Å². The fourth-order valence-electron chi connectivity index (χ4n) is 2.12. The molecule has 1 atom stereocenters. The zero-order chi connectivity index (χ0) is 14.7. The molecule has 0 bridgehead atoms. The molecule has 21 heavy (non-hydrogen) atoms. The zero-order valence-corrected chi connectivity index (χ0v) is 11.2. The number of aliphatic hydroxyl groups excluding tert-OH is 1. The van der Waals surface area contributed by atoms with E-state index in [0.717, 1.165) is 0 Å². The predicted molar refractivity (Wildman–Crippen MR) is 73.4 cm³/mol. The van der Waals surface area contributed by atoms with Crippen LogP contribution in [-0.4, -0.2) is 30.8 Å². The minimum atomic E-state index is -0.888. The molecule has 0 radical (unpaired) electrons. The summed E-state index contributed by atoms with van der Waals surface area (Å²) in [5.41, 5.74) is 0.388. The second-order valence-electron chi connectivity index (χ2n) is 4.57. The molecule has 2 heterocycles. The highest BCUT2D eigenvalue weighted by Crippen LogP contribution is 2.33. The largest absolute Gasteiger partial charge is 0.486 e. The van der Waals surface area contributed by atoms with Gasteiger partial charge in [0.25, 0.3) is 5.91 Å². The Labute approximate surface area is 121 Å². The first-order chi connectivity index (χ1) is 10.3. The maximum absolute atomic E-state index is 12.2. The van der Waals surface area contributed by atoms with Crippen LogP contribution in [0.15, 0.2) is 41.0 Å². The normalized spacial score (nSPS) is 14.5. The third-order valence-corrected chi connectivity index (χ3v) is 3.14. The monoisotopic (exact) mass is 289 g/mol. The van der Waals surface area contributed by atoms with Crippen LogP contribution in [0.5, 0.6) is 11.5 Å². The van der Waals surface area contributed by atoms with E-state index in [1.165, 1.54) is 6.26 Å². The van der Waals surface area contributed by atoms with Crippen molar-refractivity contribution >= 4 is 5.91 Å². The van der Waals surface area contributed by atoms with E-state index in [2.05, 4.69) is 5.32 Å². The molecule has 1 aliphatic heterocycles. The van der Waals surface area contributed by atoms with Crippen molar-refractivity contribution in [3.8, 4) is 11.5 Å². The first kappa shape index (κ1) is 13.5. The second kappa shape index (κ2) is 5.88. The summed E-state index contributed by atoms with van der Waals surface area (Å²) in [7, 11) is 0. The highest BCUT2D eigenvalue weighted by Gasteiger charge is 2.21. The Kier molecular flexibility index (Phi) is 3.79.